The number of nitro groups is 1. The first-order chi connectivity index (χ1) is 7.16. The minimum atomic E-state index is -0.499. The summed E-state index contributed by atoms with van der Waals surface area (Å²) in [5.41, 5.74) is 5.49. The molecular formula is C9H11N3O3. The van der Waals surface area contributed by atoms with E-state index in [0.717, 1.165) is 12.8 Å². The van der Waals surface area contributed by atoms with Crippen LogP contribution in [-0.4, -0.2) is 22.1 Å². The zero-order valence-electron chi connectivity index (χ0n) is 8.00. The Morgan fingerprint density at radius 3 is 2.93 bits per heavy atom. The van der Waals surface area contributed by atoms with E-state index in [2.05, 4.69) is 4.98 Å². The molecule has 0 aliphatic heterocycles. The average molecular weight is 209 g/mol. The second-order valence-corrected chi connectivity index (χ2v) is 3.56. The van der Waals surface area contributed by atoms with E-state index in [1.54, 1.807) is 0 Å². The van der Waals surface area contributed by atoms with Gasteiger partial charge in [-0.1, -0.05) is 0 Å². The summed E-state index contributed by atoms with van der Waals surface area (Å²) in [6, 6.07) is 3.04. The third kappa shape index (κ3) is 2.04. The van der Waals surface area contributed by atoms with Gasteiger partial charge in [-0.3, -0.25) is 10.1 Å². The van der Waals surface area contributed by atoms with E-state index in [1.165, 1.54) is 18.3 Å². The zero-order valence-corrected chi connectivity index (χ0v) is 8.00. The third-order valence-electron chi connectivity index (χ3n) is 2.36. The predicted molar refractivity (Wildman–Crippen MR) is 52.5 cm³/mol. The normalized spacial score (nSPS) is 24.3. The van der Waals surface area contributed by atoms with Crippen molar-refractivity contribution in [3.05, 3.63) is 28.4 Å². The molecule has 1 aromatic rings. The molecule has 1 aromatic heterocycles. The maximum Gasteiger partial charge on any atom is 0.330 e. The highest BCUT2D eigenvalue weighted by atomic mass is 16.6. The lowest BCUT2D eigenvalue weighted by Gasteiger charge is -2.31. The molecule has 0 bridgehead atoms. The van der Waals surface area contributed by atoms with Gasteiger partial charge in [0, 0.05) is 18.3 Å². The highest BCUT2D eigenvalue weighted by Crippen LogP contribution is 2.29. The molecule has 1 aliphatic carbocycles. The number of aromatic nitrogens is 1. The van der Waals surface area contributed by atoms with Crippen molar-refractivity contribution in [1.29, 1.82) is 0 Å². The summed E-state index contributed by atoms with van der Waals surface area (Å²) in [5, 5.41) is 10.6. The number of ether oxygens (including phenoxy) is 1. The first kappa shape index (κ1) is 9.85. The van der Waals surface area contributed by atoms with E-state index in [4.69, 9.17) is 10.5 Å². The smallest absolute Gasteiger partial charge is 0.330 e. The van der Waals surface area contributed by atoms with Crippen LogP contribution in [0.4, 0.5) is 5.69 Å². The van der Waals surface area contributed by atoms with Crippen LogP contribution < -0.4 is 10.5 Å². The predicted octanol–water partition coefficient (Wildman–Crippen LogP) is 0.858. The van der Waals surface area contributed by atoms with Crippen LogP contribution in [0.5, 0.6) is 5.88 Å². The molecule has 6 heteroatoms. The van der Waals surface area contributed by atoms with E-state index in [-0.39, 0.29) is 23.7 Å². The summed E-state index contributed by atoms with van der Waals surface area (Å²) in [6.45, 7) is 0. The molecule has 1 aliphatic rings. The Morgan fingerprint density at radius 2 is 2.33 bits per heavy atom. The van der Waals surface area contributed by atoms with Crippen molar-refractivity contribution in [2.45, 2.75) is 25.0 Å². The molecule has 6 nitrogen and oxygen atoms in total. The largest absolute Gasteiger partial charge is 0.469 e. The number of nitrogens with two attached hydrogens (primary N) is 1. The molecule has 15 heavy (non-hydrogen) atoms. The minimum absolute atomic E-state index is 0.0337. The van der Waals surface area contributed by atoms with E-state index in [9.17, 15) is 10.1 Å². The monoisotopic (exact) mass is 209 g/mol. The van der Waals surface area contributed by atoms with Gasteiger partial charge in [0.15, 0.2) is 0 Å². The van der Waals surface area contributed by atoms with Crippen LogP contribution in [-0.2, 0) is 0 Å². The maximum atomic E-state index is 10.6. The Hall–Kier alpha value is -1.69. The van der Waals surface area contributed by atoms with Crippen molar-refractivity contribution < 1.29 is 9.66 Å². The summed E-state index contributed by atoms with van der Waals surface area (Å²) >= 11 is 0. The van der Waals surface area contributed by atoms with Crippen molar-refractivity contribution in [2.24, 2.45) is 5.73 Å². The van der Waals surface area contributed by atoms with Crippen LogP contribution in [0.2, 0.25) is 0 Å². The second kappa shape index (κ2) is 3.82. The number of nitrogens with zero attached hydrogens (tertiary/aromatic N) is 2. The molecule has 2 rings (SSSR count). The van der Waals surface area contributed by atoms with Gasteiger partial charge in [-0.05, 0) is 18.9 Å². The molecule has 1 fully saturated rings. The first-order valence-electron chi connectivity index (χ1n) is 4.68. The fourth-order valence-corrected chi connectivity index (χ4v) is 1.47. The van der Waals surface area contributed by atoms with Crippen molar-refractivity contribution in [3.63, 3.8) is 0 Å². The molecule has 0 atom stereocenters. The van der Waals surface area contributed by atoms with Crippen LogP contribution in [0, 0.1) is 10.1 Å². The minimum Gasteiger partial charge on any atom is -0.469 e. The van der Waals surface area contributed by atoms with Crippen molar-refractivity contribution in [1.82, 2.24) is 4.98 Å². The summed E-state index contributed by atoms with van der Waals surface area (Å²) in [7, 11) is 0. The second-order valence-electron chi connectivity index (χ2n) is 3.56. The van der Waals surface area contributed by atoms with Gasteiger partial charge in [0.1, 0.15) is 6.10 Å². The SMILES string of the molecule is NC1CC(Oc2ncccc2[N+](=O)[O-])C1. The van der Waals surface area contributed by atoms with Gasteiger partial charge in [0.2, 0.25) is 0 Å². The van der Waals surface area contributed by atoms with Crippen LogP contribution in [0.15, 0.2) is 18.3 Å². The third-order valence-corrected chi connectivity index (χ3v) is 2.36. The fraction of sp³-hybridized carbons (Fsp3) is 0.444. The average Bonchev–Trinajstić information content (AvgIpc) is 2.16. The summed E-state index contributed by atoms with van der Waals surface area (Å²) in [6.07, 6.45) is 2.90. The number of hydrogen-bond acceptors (Lipinski definition) is 5. The van der Waals surface area contributed by atoms with Gasteiger partial charge < -0.3 is 10.5 Å². The Bertz CT molecular complexity index is 377. The Balaban J connectivity index is 2.10. The fourth-order valence-electron chi connectivity index (χ4n) is 1.47. The molecule has 0 saturated heterocycles. The van der Waals surface area contributed by atoms with Gasteiger partial charge in [-0.15, -0.1) is 0 Å². The van der Waals surface area contributed by atoms with Crippen molar-refractivity contribution >= 4 is 5.69 Å². The Labute approximate surface area is 86.2 Å². The topological polar surface area (TPSA) is 91.3 Å². The molecule has 0 amide bonds. The molecule has 2 N–H and O–H groups in total. The number of rotatable bonds is 3. The lowest BCUT2D eigenvalue weighted by atomic mass is 9.90. The maximum absolute atomic E-state index is 10.6. The van der Waals surface area contributed by atoms with Gasteiger partial charge in [0.05, 0.1) is 4.92 Å². The van der Waals surface area contributed by atoms with Gasteiger partial charge >= 0.3 is 5.69 Å². The van der Waals surface area contributed by atoms with Gasteiger partial charge in [-0.25, -0.2) is 4.98 Å². The first-order valence-corrected chi connectivity index (χ1v) is 4.68. The highest BCUT2D eigenvalue weighted by molar-refractivity contribution is 5.39. The van der Waals surface area contributed by atoms with Crippen LogP contribution in [0.3, 0.4) is 0 Å². The molecule has 0 spiro atoms. The van der Waals surface area contributed by atoms with Crippen molar-refractivity contribution in [2.75, 3.05) is 0 Å². The lowest BCUT2D eigenvalue weighted by Crippen LogP contribution is -2.43. The molecule has 80 valence electrons. The van der Waals surface area contributed by atoms with Crippen LogP contribution in [0.25, 0.3) is 0 Å². The quantitative estimate of drug-likeness (QED) is 0.588. The molecule has 0 radical (unpaired) electrons. The highest BCUT2D eigenvalue weighted by Gasteiger charge is 2.30. The van der Waals surface area contributed by atoms with E-state index >= 15 is 0 Å². The van der Waals surface area contributed by atoms with Gasteiger partial charge in [-0.2, -0.15) is 0 Å². The van der Waals surface area contributed by atoms with Crippen LogP contribution >= 0.6 is 0 Å². The van der Waals surface area contributed by atoms with E-state index < -0.39 is 4.92 Å². The van der Waals surface area contributed by atoms with Crippen molar-refractivity contribution in [3.8, 4) is 5.88 Å². The summed E-state index contributed by atoms with van der Waals surface area (Å²) in [5.74, 6) is 0.0828. The molecule has 0 unspecified atom stereocenters. The standard InChI is InChI=1S/C9H11N3O3/c10-6-4-7(5-6)15-9-8(12(13)14)2-1-3-11-9/h1-3,6-7H,4-5,10H2. The molecular weight excluding hydrogens is 198 g/mol. The van der Waals surface area contributed by atoms with E-state index in [0.29, 0.717) is 0 Å². The number of hydrogen-bond donors (Lipinski definition) is 1. The number of pyridine rings is 1. The molecule has 1 saturated carbocycles. The summed E-state index contributed by atoms with van der Waals surface area (Å²) < 4.78 is 5.38. The zero-order chi connectivity index (χ0) is 10.8. The van der Waals surface area contributed by atoms with Gasteiger partial charge in [0.25, 0.3) is 5.88 Å². The summed E-state index contributed by atoms with van der Waals surface area (Å²) in [4.78, 5) is 14.0. The molecule has 1 heterocycles. The molecule has 0 aromatic carbocycles. The van der Waals surface area contributed by atoms with Crippen LogP contribution in [0.1, 0.15) is 12.8 Å². The van der Waals surface area contributed by atoms with E-state index in [1.807, 2.05) is 0 Å². The Kier molecular flexibility index (Phi) is 2.51. The lowest BCUT2D eigenvalue weighted by molar-refractivity contribution is -0.386. The Morgan fingerprint density at radius 1 is 1.60 bits per heavy atom.